The number of rotatable bonds is 7. The monoisotopic (exact) mass is 360 g/mol. The number of hydrogen-bond acceptors (Lipinski definition) is 7. The molecule has 3 rings (SSSR count). The van der Waals surface area contributed by atoms with E-state index in [9.17, 15) is 4.79 Å². The van der Waals surface area contributed by atoms with Gasteiger partial charge in [-0.05, 0) is 18.2 Å². The van der Waals surface area contributed by atoms with Gasteiger partial charge in [0.15, 0.2) is 11.5 Å². The predicted molar refractivity (Wildman–Crippen MR) is 93.5 cm³/mol. The van der Waals surface area contributed by atoms with Crippen LogP contribution in [0.1, 0.15) is 10.4 Å². The zero-order chi connectivity index (χ0) is 18.4. The van der Waals surface area contributed by atoms with Crippen molar-refractivity contribution < 1.29 is 28.5 Å². The quantitative estimate of drug-likeness (QED) is 0.757. The van der Waals surface area contributed by atoms with Gasteiger partial charge in [-0.25, -0.2) is 4.98 Å². The second-order valence-corrected chi connectivity index (χ2v) is 5.38. The molecule has 1 N–H and O–H groups in total. The van der Waals surface area contributed by atoms with Crippen molar-refractivity contribution in [3.05, 3.63) is 36.0 Å². The highest BCUT2D eigenvalue weighted by atomic mass is 16.6. The summed E-state index contributed by atoms with van der Waals surface area (Å²) in [6.07, 6.45) is 1.52. The van der Waals surface area contributed by atoms with Crippen LogP contribution in [0.3, 0.4) is 0 Å². The van der Waals surface area contributed by atoms with Crippen LogP contribution in [-0.4, -0.2) is 51.5 Å². The van der Waals surface area contributed by atoms with E-state index in [2.05, 4.69) is 10.3 Å². The fraction of sp³-hybridized carbons (Fsp3) is 0.333. The van der Waals surface area contributed by atoms with Crippen molar-refractivity contribution in [2.24, 2.45) is 0 Å². The Balaban J connectivity index is 1.70. The first kappa shape index (κ1) is 17.8. The number of pyridine rings is 1. The summed E-state index contributed by atoms with van der Waals surface area (Å²) < 4.78 is 26.7. The second-order valence-electron chi connectivity index (χ2n) is 5.38. The number of fused-ring (bicyclic) bond motifs is 1. The lowest BCUT2D eigenvalue weighted by Gasteiger charge is -2.21. The third-order valence-electron chi connectivity index (χ3n) is 3.62. The Morgan fingerprint density at radius 2 is 2.04 bits per heavy atom. The number of anilines is 1. The molecule has 1 amide bonds. The van der Waals surface area contributed by atoms with E-state index in [0.29, 0.717) is 60.8 Å². The topological polar surface area (TPSA) is 88.1 Å². The Morgan fingerprint density at radius 3 is 2.77 bits per heavy atom. The molecule has 0 aliphatic carbocycles. The second kappa shape index (κ2) is 8.39. The van der Waals surface area contributed by atoms with E-state index >= 15 is 0 Å². The Bertz CT molecular complexity index is 746. The van der Waals surface area contributed by atoms with Gasteiger partial charge in [0.25, 0.3) is 5.91 Å². The molecule has 1 aliphatic heterocycles. The van der Waals surface area contributed by atoms with Crippen LogP contribution in [0.2, 0.25) is 0 Å². The van der Waals surface area contributed by atoms with Crippen molar-refractivity contribution in [3.63, 3.8) is 0 Å². The van der Waals surface area contributed by atoms with E-state index < -0.39 is 0 Å². The zero-order valence-electron chi connectivity index (χ0n) is 14.6. The number of nitrogens with one attached hydrogen (secondary N) is 1. The van der Waals surface area contributed by atoms with E-state index in [1.807, 2.05) is 0 Å². The van der Waals surface area contributed by atoms with Gasteiger partial charge in [0.1, 0.15) is 19.8 Å². The first-order valence-corrected chi connectivity index (χ1v) is 8.08. The lowest BCUT2D eigenvalue weighted by Crippen LogP contribution is -2.18. The summed E-state index contributed by atoms with van der Waals surface area (Å²) in [5, 5.41) is 2.78. The van der Waals surface area contributed by atoms with Gasteiger partial charge in [-0.2, -0.15) is 0 Å². The van der Waals surface area contributed by atoms with Gasteiger partial charge in [-0.3, -0.25) is 4.79 Å². The smallest absolute Gasteiger partial charge is 0.255 e. The molecule has 2 heterocycles. The molecule has 1 aliphatic rings. The minimum atomic E-state index is -0.310. The molecule has 8 heteroatoms. The molecule has 0 unspecified atom stereocenters. The molecule has 0 saturated carbocycles. The van der Waals surface area contributed by atoms with Gasteiger partial charge in [-0.15, -0.1) is 0 Å². The molecule has 1 aromatic carbocycles. The van der Waals surface area contributed by atoms with Crippen molar-refractivity contribution in [1.29, 1.82) is 0 Å². The number of aromatic nitrogens is 1. The Kier molecular flexibility index (Phi) is 5.75. The van der Waals surface area contributed by atoms with Gasteiger partial charge in [0, 0.05) is 18.7 Å². The SMILES string of the molecule is COCCOc1ccc(NC(=O)c2cc(OC)c3c(c2)OCCO3)cn1. The van der Waals surface area contributed by atoms with Crippen molar-refractivity contribution in [2.75, 3.05) is 46.0 Å². The van der Waals surface area contributed by atoms with Crippen LogP contribution in [0.4, 0.5) is 5.69 Å². The van der Waals surface area contributed by atoms with Crippen LogP contribution in [-0.2, 0) is 4.74 Å². The third-order valence-corrected chi connectivity index (χ3v) is 3.62. The minimum Gasteiger partial charge on any atom is -0.493 e. The highest BCUT2D eigenvalue weighted by molar-refractivity contribution is 6.05. The highest BCUT2D eigenvalue weighted by Gasteiger charge is 2.21. The molecular formula is C18H20N2O6. The molecule has 1 aromatic heterocycles. The first-order valence-electron chi connectivity index (χ1n) is 8.08. The summed E-state index contributed by atoms with van der Waals surface area (Å²) in [5.74, 6) is 1.60. The number of hydrogen-bond donors (Lipinski definition) is 1. The normalized spacial score (nSPS) is 12.4. The molecule has 2 aromatic rings. The molecule has 0 bridgehead atoms. The van der Waals surface area contributed by atoms with Crippen molar-refractivity contribution in [1.82, 2.24) is 4.98 Å². The Hall–Kier alpha value is -3.00. The molecule has 8 nitrogen and oxygen atoms in total. The van der Waals surface area contributed by atoms with Crippen LogP contribution < -0.4 is 24.3 Å². The molecule has 0 spiro atoms. The number of methoxy groups -OCH3 is 2. The number of carbonyl (C=O) groups is 1. The standard InChI is InChI=1S/C18H20N2O6/c1-22-5-6-25-16-4-3-13(11-19-16)20-18(21)12-9-14(23-2)17-15(10-12)24-7-8-26-17/h3-4,9-11H,5-8H2,1-2H3,(H,20,21). The average molecular weight is 360 g/mol. The van der Waals surface area contributed by atoms with E-state index in [0.717, 1.165) is 0 Å². The number of nitrogens with zero attached hydrogens (tertiary/aromatic N) is 1. The van der Waals surface area contributed by atoms with Gasteiger partial charge in [-0.1, -0.05) is 0 Å². The summed E-state index contributed by atoms with van der Waals surface area (Å²) in [6.45, 7) is 1.76. The maximum atomic E-state index is 12.5. The summed E-state index contributed by atoms with van der Waals surface area (Å²) in [4.78, 5) is 16.7. The lowest BCUT2D eigenvalue weighted by molar-refractivity contribution is 0.102. The van der Waals surface area contributed by atoms with Crippen molar-refractivity contribution in [2.45, 2.75) is 0 Å². The number of ether oxygens (including phenoxy) is 5. The van der Waals surface area contributed by atoms with Gasteiger partial charge in [0.2, 0.25) is 11.6 Å². The van der Waals surface area contributed by atoms with Crippen LogP contribution >= 0.6 is 0 Å². The van der Waals surface area contributed by atoms with Crippen molar-refractivity contribution in [3.8, 4) is 23.1 Å². The summed E-state index contributed by atoms with van der Waals surface area (Å²) in [5.41, 5.74) is 0.939. The van der Waals surface area contributed by atoms with Crippen LogP contribution in [0, 0.1) is 0 Å². The molecule has 0 atom stereocenters. The molecule has 26 heavy (non-hydrogen) atoms. The van der Waals surface area contributed by atoms with Crippen LogP contribution in [0.25, 0.3) is 0 Å². The van der Waals surface area contributed by atoms with Gasteiger partial charge < -0.3 is 29.0 Å². The maximum Gasteiger partial charge on any atom is 0.255 e. The molecule has 0 radical (unpaired) electrons. The fourth-order valence-corrected chi connectivity index (χ4v) is 2.38. The minimum absolute atomic E-state index is 0.310. The molecule has 138 valence electrons. The summed E-state index contributed by atoms with van der Waals surface area (Å²) >= 11 is 0. The number of carbonyl (C=O) groups excluding carboxylic acids is 1. The van der Waals surface area contributed by atoms with Gasteiger partial charge in [0.05, 0.1) is 25.6 Å². The van der Waals surface area contributed by atoms with E-state index in [-0.39, 0.29) is 5.91 Å². The highest BCUT2D eigenvalue weighted by Crippen LogP contribution is 2.40. The van der Waals surface area contributed by atoms with E-state index in [4.69, 9.17) is 23.7 Å². The number of amides is 1. The Morgan fingerprint density at radius 1 is 1.19 bits per heavy atom. The van der Waals surface area contributed by atoms with Crippen molar-refractivity contribution >= 4 is 11.6 Å². The third kappa shape index (κ3) is 4.15. The first-order chi connectivity index (χ1) is 12.7. The largest absolute Gasteiger partial charge is 0.493 e. The fourth-order valence-electron chi connectivity index (χ4n) is 2.38. The maximum absolute atomic E-state index is 12.5. The lowest BCUT2D eigenvalue weighted by atomic mass is 10.1. The zero-order valence-corrected chi connectivity index (χ0v) is 14.6. The van der Waals surface area contributed by atoms with E-state index in [1.54, 1.807) is 31.4 Å². The molecular weight excluding hydrogens is 340 g/mol. The van der Waals surface area contributed by atoms with Crippen LogP contribution in [0.15, 0.2) is 30.5 Å². The number of benzene rings is 1. The van der Waals surface area contributed by atoms with Gasteiger partial charge >= 0.3 is 0 Å². The Labute approximate surface area is 151 Å². The van der Waals surface area contributed by atoms with E-state index in [1.165, 1.54) is 13.3 Å². The summed E-state index contributed by atoms with van der Waals surface area (Å²) in [7, 11) is 3.11. The van der Waals surface area contributed by atoms with Crippen LogP contribution in [0.5, 0.6) is 23.1 Å². The average Bonchev–Trinajstić information content (AvgIpc) is 2.68. The molecule has 0 saturated heterocycles. The molecule has 0 fully saturated rings. The predicted octanol–water partition coefficient (Wildman–Crippen LogP) is 2.14. The summed E-state index contributed by atoms with van der Waals surface area (Å²) in [6, 6.07) is 6.62.